The van der Waals surface area contributed by atoms with Crippen molar-refractivity contribution in [3.05, 3.63) is 101 Å². The van der Waals surface area contributed by atoms with Crippen molar-refractivity contribution in [3.8, 4) is 0 Å². The van der Waals surface area contributed by atoms with Crippen LogP contribution < -0.4 is 4.90 Å². The van der Waals surface area contributed by atoms with Gasteiger partial charge in [-0.1, -0.05) is 60.1 Å². The number of H-pyrrole nitrogens is 1. The number of carbonyl (C=O) groups excluding carboxylic acids is 2. The Morgan fingerprint density at radius 2 is 1.81 bits per heavy atom. The Labute approximate surface area is 190 Å². The number of halogens is 1. The minimum Gasteiger partial charge on any atom is -0.375 e. The molecule has 2 heterocycles. The van der Waals surface area contributed by atoms with E-state index in [4.69, 9.17) is 11.6 Å². The number of nitrogens with zero attached hydrogens (tertiary/aromatic N) is 1. The van der Waals surface area contributed by atoms with Gasteiger partial charge in [0.15, 0.2) is 11.4 Å². The molecule has 5 nitrogen and oxygen atoms in total. The van der Waals surface area contributed by atoms with Gasteiger partial charge in [0.05, 0.1) is 12.1 Å². The molecule has 4 aromatic rings. The summed E-state index contributed by atoms with van der Waals surface area (Å²) in [6.07, 6.45) is 2.22. The number of fused-ring (bicyclic) bond motifs is 2. The number of ketones is 1. The van der Waals surface area contributed by atoms with Crippen LogP contribution in [0.4, 0.5) is 5.69 Å². The number of aromatic nitrogens is 1. The first-order chi connectivity index (χ1) is 15.5. The van der Waals surface area contributed by atoms with E-state index in [0.29, 0.717) is 34.8 Å². The van der Waals surface area contributed by atoms with E-state index in [9.17, 15) is 14.7 Å². The summed E-state index contributed by atoms with van der Waals surface area (Å²) in [5.41, 5.74) is 1.69. The van der Waals surface area contributed by atoms with Crippen LogP contribution in [0.3, 0.4) is 0 Å². The maximum atomic E-state index is 13.4. The van der Waals surface area contributed by atoms with Crippen LogP contribution in [-0.4, -0.2) is 28.3 Å². The summed E-state index contributed by atoms with van der Waals surface area (Å²) in [6.45, 7) is 0.394. The van der Waals surface area contributed by atoms with Crippen LogP contribution in [0, 0.1) is 0 Å². The van der Waals surface area contributed by atoms with Crippen LogP contribution in [0.1, 0.15) is 27.9 Å². The van der Waals surface area contributed by atoms with Crippen LogP contribution in [0.5, 0.6) is 0 Å². The summed E-state index contributed by atoms with van der Waals surface area (Å²) in [5, 5.41) is 13.0. The number of aromatic amines is 1. The number of amides is 1. The summed E-state index contributed by atoms with van der Waals surface area (Å²) < 4.78 is 0. The molecule has 32 heavy (non-hydrogen) atoms. The summed E-state index contributed by atoms with van der Waals surface area (Å²) in [4.78, 5) is 31.2. The number of anilines is 1. The van der Waals surface area contributed by atoms with E-state index < -0.39 is 11.5 Å². The molecule has 0 bridgehead atoms. The lowest BCUT2D eigenvalue weighted by atomic mass is 9.88. The molecule has 1 aliphatic rings. The number of para-hydroxylation sites is 2. The molecule has 0 radical (unpaired) electrons. The van der Waals surface area contributed by atoms with Crippen molar-refractivity contribution in [1.29, 1.82) is 0 Å². The first-order valence-electron chi connectivity index (χ1n) is 10.4. The van der Waals surface area contributed by atoms with E-state index >= 15 is 0 Å². The zero-order chi connectivity index (χ0) is 22.3. The highest BCUT2D eigenvalue weighted by molar-refractivity contribution is 6.31. The van der Waals surface area contributed by atoms with E-state index in [-0.39, 0.29) is 12.2 Å². The molecule has 160 valence electrons. The monoisotopic (exact) mass is 444 g/mol. The lowest BCUT2D eigenvalue weighted by Gasteiger charge is -2.23. The normalized spacial score (nSPS) is 17.7. The van der Waals surface area contributed by atoms with Crippen LogP contribution in [-0.2, 0) is 16.8 Å². The molecule has 2 N–H and O–H groups in total. The van der Waals surface area contributed by atoms with Gasteiger partial charge in [-0.05, 0) is 36.2 Å². The first kappa shape index (κ1) is 20.5. The minimum absolute atomic E-state index is 0.336. The second-order valence-corrected chi connectivity index (χ2v) is 8.49. The number of hydrogen-bond acceptors (Lipinski definition) is 3. The van der Waals surface area contributed by atoms with E-state index in [0.717, 1.165) is 16.5 Å². The lowest BCUT2D eigenvalue weighted by Crippen LogP contribution is -2.42. The van der Waals surface area contributed by atoms with Gasteiger partial charge in [-0.3, -0.25) is 9.59 Å². The molecule has 5 rings (SSSR count). The van der Waals surface area contributed by atoms with Crippen LogP contribution >= 0.6 is 11.6 Å². The number of hydrogen-bond donors (Lipinski definition) is 2. The second kappa shape index (κ2) is 7.93. The predicted molar refractivity (Wildman–Crippen MR) is 125 cm³/mol. The highest BCUT2D eigenvalue weighted by atomic mass is 35.5. The van der Waals surface area contributed by atoms with Gasteiger partial charge in [-0.2, -0.15) is 0 Å². The molecule has 0 aliphatic carbocycles. The van der Waals surface area contributed by atoms with Gasteiger partial charge < -0.3 is 15.0 Å². The fraction of sp³-hybridized carbons (Fsp3) is 0.154. The van der Waals surface area contributed by atoms with Gasteiger partial charge in [0.2, 0.25) is 0 Å². The van der Waals surface area contributed by atoms with Crippen molar-refractivity contribution in [2.45, 2.75) is 18.4 Å². The van der Waals surface area contributed by atoms with Gasteiger partial charge in [0, 0.05) is 39.8 Å². The van der Waals surface area contributed by atoms with E-state index in [1.54, 1.807) is 41.3 Å². The molecule has 3 aromatic carbocycles. The Morgan fingerprint density at radius 1 is 1.03 bits per heavy atom. The highest BCUT2D eigenvalue weighted by Crippen LogP contribution is 2.43. The molecule has 1 atom stereocenters. The molecule has 0 saturated heterocycles. The third-order valence-electron chi connectivity index (χ3n) is 6.08. The number of carbonyl (C=O) groups is 2. The maximum Gasteiger partial charge on any atom is 0.264 e. The molecule has 1 unspecified atom stereocenters. The van der Waals surface area contributed by atoms with Crippen molar-refractivity contribution < 1.29 is 14.7 Å². The molecule has 0 spiro atoms. The van der Waals surface area contributed by atoms with Gasteiger partial charge in [0.1, 0.15) is 0 Å². The zero-order valence-corrected chi connectivity index (χ0v) is 18.0. The SMILES string of the molecule is O=C(CC1(O)C(=O)N(CCc2c[nH]c3ccccc23)c2ccccc21)c1cccc(Cl)c1. The first-order valence-corrected chi connectivity index (χ1v) is 10.8. The van der Waals surface area contributed by atoms with E-state index in [1.807, 2.05) is 42.6 Å². The van der Waals surface area contributed by atoms with Gasteiger partial charge in [-0.25, -0.2) is 0 Å². The van der Waals surface area contributed by atoms with Gasteiger partial charge in [0.25, 0.3) is 5.91 Å². The van der Waals surface area contributed by atoms with E-state index in [1.165, 1.54) is 0 Å². The average molecular weight is 445 g/mol. The third kappa shape index (κ3) is 3.40. The van der Waals surface area contributed by atoms with Crippen molar-refractivity contribution in [1.82, 2.24) is 4.98 Å². The van der Waals surface area contributed by atoms with E-state index in [2.05, 4.69) is 4.98 Å². The lowest BCUT2D eigenvalue weighted by molar-refractivity contribution is -0.135. The van der Waals surface area contributed by atoms with Crippen molar-refractivity contribution in [2.24, 2.45) is 0 Å². The molecule has 0 fully saturated rings. The average Bonchev–Trinajstić information content (AvgIpc) is 3.30. The number of Topliss-reactive ketones (excluding diaryl/α,β-unsaturated/α-hetero) is 1. The van der Waals surface area contributed by atoms with Crippen molar-refractivity contribution >= 4 is 39.9 Å². The summed E-state index contributed by atoms with van der Waals surface area (Å²) in [7, 11) is 0. The predicted octanol–water partition coefficient (Wildman–Crippen LogP) is 4.87. The second-order valence-electron chi connectivity index (χ2n) is 8.05. The topological polar surface area (TPSA) is 73.4 Å². The smallest absolute Gasteiger partial charge is 0.264 e. The third-order valence-corrected chi connectivity index (χ3v) is 6.32. The fourth-order valence-electron chi connectivity index (χ4n) is 4.47. The fourth-order valence-corrected chi connectivity index (χ4v) is 4.66. The Balaban J connectivity index is 1.43. The largest absolute Gasteiger partial charge is 0.375 e. The molecule has 1 aromatic heterocycles. The minimum atomic E-state index is -1.91. The summed E-state index contributed by atoms with van der Waals surface area (Å²) >= 11 is 6.01. The van der Waals surface area contributed by atoms with Crippen LogP contribution in [0.15, 0.2) is 79.0 Å². The van der Waals surface area contributed by atoms with Gasteiger partial charge in [-0.15, -0.1) is 0 Å². The van der Waals surface area contributed by atoms with Crippen molar-refractivity contribution in [3.63, 3.8) is 0 Å². The molecular weight excluding hydrogens is 424 g/mol. The van der Waals surface area contributed by atoms with Crippen molar-refractivity contribution in [2.75, 3.05) is 11.4 Å². The molecule has 6 heteroatoms. The van der Waals surface area contributed by atoms with Crippen LogP contribution in [0.25, 0.3) is 10.9 Å². The number of rotatable bonds is 6. The Bertz CT molecular complexity index is 1350. The highest BCUT2D eigenvalue weighted by Gasteiger charge is 2.50. The molecule has 0 saturated carbocycles. The quantitative estimate of drug-likeness (QED) is 0.416. The number of nitrogens with one attached hydrogen (secondary N) is 1. The number of benzene rings is 3. The molecular formula is C26H21ClN2O3. The summed E-state index contributed by atoms with van der Waals surface area (Å²) in [5.74, 6) is -0.814. The zero-order valence-electron chi connectivity index (χ0n) is 17.2. The Morgan fingerprint density at radius 3 is 2.66 bits per heavy atom. The maximum absolute atomic E-state index is 13.4. The molecule has 1 aliphatic heterocycles. The standard InChI is InChI=1S/C26H21ClN2O3/c27-19-7-5-6-17(14-19)24(30)15-26(32)21-9-2-4-11-23(21)29(25(26)31)13-12-18-16-28-22-10-3-1-8-20(18)22/h1-11,14,16,28,32H,12-13,15H2. The molecule has 1 amide bonds. The van der Waals surface area contributed by atoms with Gasteiger partial charge >= 0.3 is 0 Å². The Kier molecular flexibility index (Phi) is 5.08. The Hall–Kier alpha value is -3.41. The van der Waals surface area contributed by atoms with Crippen LogP contribution in [0.2, 0.25) is 5.02 Å². The number of aliphatic hydroxyl groups is 1. The summed E-state index contributed by atoms with van der Waals surface area (Å²) in [6, 6.07) is 21.7.